The van der Waals surface area contributed by atoms with Gasteiger partial charge in [-0.25, -0.2) is 4.39 Å². The molecular weight excluding hydrogens is 269 g/mol. The maximum Gasteiger partial charge on any atom is 0.310 e. The lowest BCUT2D eigenvalue weighted by molar-refractivity contribution is -0.148. The van der Waals surface area contributed by atoms with Gasteiger partial charge < -0.3 is 10.1 Å². The van der Waals surface area contributed by atoms with Gasteiger partial charge in [-0.15, -0.1) is 0 Å². The summed E-state index contributed by atoms with van der Waals surface area (Å²) in [6, 6.07) is 6.51. The van der Waals surface area contributed by atoms with Gasteiger partial charge in [0.25, 0.3) is 0 Å². The minimum Gasteiger partial charge on any atom is -0.469 e. The summed E-state index contributed by atoms with van der Waals surface area (Å²) in [7, 11) is 1.44. The zero-order chi connectivity index (χ0) is 15.0. The predicted molar refractivity (Wildman–Crippen MR) is 77.9 cm³/mol. The van der Waals surface area contributed by atoms with Gasteiger partial charge in [0.2, 0.25) is 0 Å². The molecule has 21 heavy (non-hydrogen) atoms. The minimum absolute atomic E-state index is 0.0775. The van der Waals surface area contributed by atoms with Crippen molar-refractivity contribution in [2.24, 2.45) is 17.8 Å². The van der Waals surface area contributed by atoms with Gasteiger partial charge in [-0.1, -0.05) is 24.3 Å². The number of rotatable bonds is 4. The monoisotopic (exact) mass is 289 g/mol. The fraction of sp³-hybridized carbons (Fsp3) is 0.471. The van der Waals surface area contributed by atoms with Crippen molar-refractivity contribution in [2.45, 2.75) is 25.4 Å². The van der Waals surface area contributed by atoms with Crippen molar-refractivity contribution in [3.63, 3.8) is 0 Å². The molecule has 2 aliphatic carbocycles. The quantitative estimate of drug-likeness (QED) is 0.684. The lowest BCUT2D eigenvalue weighted by Gasteiger charge is -2.29. The van der Waals surface area contributed by atoms with Crippen LogP contribution in [0.2, 0.25) is 0 Å². The maximum atomic E-state index is 12.9. The molecule has 3 rings (SSSR count). The highest BCUT2D eigenvalue weighted by atomic mass is 19.1. The third-order valence-electron chi connectivity index (χ3n) is 4.92. The number of nitrogens with one attached hydrogen (secondary N) is 1. The van der Waals surface area contributed by atoms with Gasteiger partial charge in [0.1, 0.15) is 5.82 Å². The summed E-state index contributed by atoms with van der Waals surface area (Å²) in [5.41, 5.74) is 2.19. The van der Waals surface area contributed by atoms with E-state index in [0.717, 1.165) is 18.4 Å². The molecule has 2 aliphatic rings. The lowest BCUT2D eigenvalue weighted by Crippen LogP contribution is -2.44. The molecule has 0 aliphatic heterocycles. The first-order chi connectivity index (χ1) is 10.1. The van der Waals surface area contributed by atoms with Crippen molar-refractivity contribution in [3.05, 3.63) is 47.8 Å². The number of ether oxygens (including phenoxy) is 1. The number of fused-ring (bicyclic) bond motifs is 2. The van der Waals surface area contributed by atoms with E-state index in [1.807, 2.05) is 0 Å². The fourth-order valence-corrected chi connectivity index (χ4v) is 3.88. The maximum absolute atomic E-state index is 12.9. The Hall–Kier alpha value is -1.68. The first kappa shape index (κ1) is 14.3. The molecule has 2 bridgehead atoms. The van der Waals surface area contributed by atoms with Crippen molar-refractivity contribution in [3.8, 4) is 0 Å². The van der Waals surface area contributed by atoms with Gasteiger partial charge in [-0.05, 0) is 42.4 Å². The Bertz CT molecular complexity index is 554. The molecule has 2 saturated carbocycles. The number of hydrogen-bond donors (Lipinski definition) is 1. The summed E-state index contributed by atoms with van der Waals surface area (Å²) >= 11 is 0. The Morgan fingerprint density at radius 1 is 1.33 bits per heavy atom. The van der Waals surface area contributed by atoms with E-state index in [0.29, 0.717) is 12.5 Å². The van der Waals surface area contributed by atoms with Crippen LogP contribution in [0.25, 0.3) is 0 Å². The molecule has 2 fully saturated rings. The van der Waals surface area contributed by atoms with Crippen molar-refractivity contribution < 1.29 is 13.9 Å². The number of esters is 1. The Labute approximate surface area is 124 Å². The molecule has 3 nitrogen and oxygen atoms in total. The van der Waals surface area contributed by atoms with Gasteiger partial charge >= 0.3 is 5.97 Å². The third kappa shape index (κ3) is 2.48. The van der Waals surface area contributed by atoms with E-state index < -0.39 is 0 Å². The number of carbonyl (C=O) groups excluding carboxylic acids is 1. The molecule has 0 saturated heterocycles. The van der Waals surface area contributed by atoms with Gasteiger partial charge in [0, 0.05) is 12.6 Å². The highest BCUT2D eigenvalue weighted by molar-refractivity contribution is 5.75. The van der Waals surface area contributed by atoms with Gasteiger partial charge in [-0.3, -0.25) is 4.79 Å². The summed E-state index contributed by atoms with van der Waals surface area (Å²) in [5, 5.41) is 3.46. The summed E-state index contributed by atoms with van der Waals surface area (Å²) in [6.07, 6.45) is 2.11. The van der Waals surface area contributed by atoms with Crippen LogP contribution in [-0.4, -0.2) is 19.1 Å². The van der Waals surface area contributed by atoms with Crippen molar-refractivity contribution in [2.75, 3.05) is 7.11 Å². The van der Waals surface area contributed by atoms with E-state index in [-0.39, 0.29) is 29.7 Å². The van der Waals surface area contributed by atoms with E-state index in [4.69, 9.17) is 4.74 Å². The first-order valence-corrected chi connectivity index (χ1v) is 7.36. The zero-order valence-electron chi connectivity index (χ0n) is 12.1. The van der Waals surface area contributed by atoms with Crippen molar-refractivity contribution in [1.82, 2.24) is 5.32 Å². The average molecular weight is 289 g/mol. The van der Waals surface area contributed by atoms with Crippen LogP contribution in [0.1, 0.15) is 18.4 Å². The van der Waals surface area contributed by atoms with Crippen LogP contribution in [0, 0.1) is 23.6 Å². The third-order valence-corrected chi connectivity index (χ3v) is 4.92. The van der Waals surface area contributed by atoms with Crippen LogP contribution in [0.15, 0.2) is 36.4 Å². The van der Waals surface area contributed by atoms with E-state index >= 15 is 0 Å². The first-order valence-electron chi connectivity index (χ1n) is 7.36. The topological polar surface area (TPSA) is 38.3 Å². The molecule has 112 valence electrons. The average Bonchev–Trinajstić information content (AvgIpc) is 2.99. The Morgan fingerprint density at radius 3 is 2.67 bits per heavy atom. The zero-order valence-corrected chi connectivity index (χ0v) is 12.1. The summed E-state index contributed by atoms with van der Waals surface area (Å²) in [4.78, 5) is 12.1. The fourth-order valence-electron chi connectivity index (χ4n) is 3.88. The van der Waals surface area contributed by atoms with Gasteiger partial charge in [-0.2, -0.15) is 0 Å². The Kier molecular flexibility index (Phi) is 3.81. The van der Waals surface area contributed by atoms with Gasteiger partial charge in [0.15, 0.2) is 0 Å². The van der Waals surface area contributed by atoms with Crippen LogP contribution >= 0.6 is 0 Å². The molecule has 0 aromatic heterocycles. The van der Waals surface area contributed by atoms with Crippen LogP contribution in [0.3, 0.4) is 0 Å². The van der Waals surface area contributed by atoms with Crippen molar-refractivity contribution >= 4 is 5.97 Å². The van der Waals surface area contributed by atoms with Crippen LogP contribution in [-0.2, 0) is 16.1 Å². The standard InChI is InChI=1S/C17H20FNO2/c1-10-13-7-8-14(10)16(15(13)17(20)21-2)19-9-11-3-5-12(18)6-4-11/h3-6,13-16,19H,1,7-9H2,2H3. The molecule has 0 heterocycles. The van der Waals surface area contributed by atoms with E-state index in [1.54, 1.807) is 12.1 Å². The SMILES string of the molecule is C=C1C2CCC1C(C(=O)OC)C2NCc1ccc(F)cc1. The largest absolute Gasteiger partial charge is 0.469 e. The van der Waals surface area contributed by atoms with Crippen molar-refractivity contribution in [1.29, 1.82) is 0 Å². The molecule has 0 spiro atoms. The molecule has 1 aromatic rings. The molecule has 4 atom stereocenters. The van der Waals surface area contributed by atoms with E-state index in [2.05, 4.69) is 11.9 Å². The predicted octanol–water partition coefficient (Wildman–Crippen LogP) is 2.67. The highest BCUT2D eigenvalue weighted by Gasteiger charge is 2.53. The Morgan fingerprint density at radius 2 is 2.00 bits per heavy atom. The number of benzene rings is 1. The smallest absolute Gasteiger partial charge is 0.310 e. The minimum atomic E-state index is -0.237. The Balaban J connectivity index is 1.72. The molecule has 1 aromatic carbocycles. The van der Waals surface area contributed by atoms with Crippen LogP contribution in [0.5, 0.6) is 0 Å². The van der Waals surface area contributed by atoms with Crippen LogP contribution < -0.4 is 5.32 Å². The second-order valence-electron chi connectivity index (χ2n) is 5.95. The van der Waals surface area contributed by atoms with E-state index in [9.17, 15) is 9.18 Å². The van der Waals surface area contributed by atoms with Crippen LogP contribution in [0.4, 0.5) is 4.39 Å². The number of carbonyl (C=O) groups is 1. The summed E-state index contributed by atoms with van der Waals surface area (Å²) in [5.74, 6) is 0.0638. The van der Waals surface area contributed by atoms with E-state index in [1.165, 1.54) is 24.8 Å². The molecule has 0 amide bonds. The number of methoxy groups -OCH3 is 1. The second-order valence-corrected chi connectivity index (χ2v) is 5.95. The number of hydrogen-bond acceptors (Lipinski definition) is 3. The van der Waals surface area contributed by atoms with Gasteiger partial charge in [0.05, 0.1) is 13.0 Å². The summed E-state index contributed by atoms with van der Waals surface area (Å²) < 4.78 is 17.9. The molecule has 4 heteroatoms. The normalized spacial score (nSPS) is 30.7. The molecule has 1 N–H and O–H groups in total. The lowest BCUT2D eigenvalue weighted by atomic mass is 9.84. The molecule has 4 unspecified atom stereocenters. The number of halogens is 1. The second kappa shape index (κ2) is 5.60. The molecular formula is C17H20FNO2. The highest BCUT2D eigenvalue weighted by Crippen LogP contribution is 2.52. The molecule has 0 radical (unpaired) electrons. The summed E-state index contributed by atoms with van der Waals surface area (Å²) in [6.45, 7) is 4.79.